The lowest BCUT2D eigenvalue weighted by Gasteiger charge is -2.20. The normalized spacial score (nSPS) is 14.2. The van der Waals surface area contributed by atoms with Crippen LogP contribution in [0.3, 0.4) is 0 Å². The predicted molar refractivity (Wildman–Crippen MR) is 106 cm³/mol. The van der Waals surface area contributed by atoms with Crippen LogP contribution in [0.5, 0.6) is 0 Å². The highest BCUT2D eigenvalue weighted by Gasteiger charge is 2.15. The van der Waals surface area contributed by atoms with Crippen LogP contribution in [0.4, 0.5) is 0 Å². The summed E-state index contributed by atoms with van der Waals surface area (Å²) in [5.41, 5.74) is 4.47. The molecule has 2 aromatic rings. The number of amides is 2. The molecular weight excluding hydrogens is 392 g/mol. The van der Waals surface area contributed by atoms with E-state index in [4.69, 9.17) is 0 Å². The molecule has 0 unspecified atom stereocenters. The maximum atomic E-state index is 12.2. The Balaban J connectivity index is 1.52. The molecule has 0 heterocycles. The van der Waals surface area contributed by atoms with Crippen molar-refractivity contribution >= 4 is 27.7 Å². The van der Waals surface area contributed by atoms with E-state index in [2.05, 4.69) is 44.8 Å². The number of fused-ring (bicyclic) bond motifs is 1. The molecule has 0 aliphatic heterocycles. The first-order valence-corrected chi connectivity index (χ1v) is 9.77. The van der Waals surface area contributed by atoms with Crippen molar-refractivity contribution in [2.24, 2.45) is 0 Å². The van der Waals surface area contributed by atoms with Gasteiger partial charge in [0.1, 0.15) is 0 Å². The van der Waals surface area contributed by atoms with Crippen molar-refractivity contribution in [2.45, 2.75) is 38.6 Å². The zero-order chi connectivity index (χ0) is 18.5. The topological polar surface area (TPSA) is 58.2 Å². The Morgan fingerprint density at radius 1 is 1.04 bits per heavy atom. The smallest absolute Gasteiger partial charge is 0.251 e. The molecule has 3 rings (SSSR count). The van der Waals surface area contributed by atoms with Crippen LogP contribution in [0.25, 0.3) is 0 Å². The van der Waals surface area contributed by atoms with E-state index in [1.807, 2.05) is 6.92 Å². The molecule has 0 radical (unpaired) electrons. The summed E-state index contributed by atoms with van der Waals surface area (Å²) < 4.78 is 0.908. The van der Waals surface area contributed by atoms with Crippen molar-refractivity contribution < 1.29 is 9.59 Å². The molecule has 1 aliphatic carbocycles. The van der Waals surface area contributed by atoms with Gasteiger partial charge < -0.3 is 10.6 Å². The molecule has 2 N–H and O–H groups in total. The van der Waals surface area contributed by atoms with Gasteiger partial charge in [0.15, 0.2) is 0 Å². The Hall–Kier alpha value is -2.14. The van der Waals surface area contributed by atoms with E-state index < -0.39 is 0 Å². The number of halogens is 1. The van der Waals surface area contributed by atoms with Crippen LogP contribution in [0.2, 0.25) is 0 Å². The van der Waals surface area contributed by atoms with Crippen LogP contribution in [0, 0.1) is 0 Å². The Bertz CT molecular complexity index is 802. The molecule has 2 amide bonds. The lowest BCUT2D eigenvalue weighted by Crippen LogP contribution is -2.38. The molecule has 0 fully saturated rings. The molecule has 1 aliphatic rings. The number of aryl methyl sites for hydroxylation is 2. The molecule has 5 heteroatoms. The molecule has 4 nitrogen and oxygen atoms in total. The highest BCUT2D eigenvalue weighted by atomic mass is 79.9. The molecule has 26 heavy (non-hydrogen) atoms. The molecular formula is C21H23BrN2O2. The second kappa shape index (κ2) is 8.49. The summed E-state index contributed by atoms with van der Waals surface area (Å²) >= 11 is 3.33. The number of hydrogen-bond donors (Lipinski definition) is 2. The van der Waals surface area contributed by atoms with Gasteiger partial charge in [-0.3, -0.25) is 9.59 Å². The summed E-state index contributed by atoms with van der Waals surface area (Å²) in [7, 11) is 0. The van der Waals surface area contributed by atoms with Crippen LogP contribution in [-0.2, 0) is 17.6 Å². The lowest BCUT2D eigenvalue weighted by atomic mass is 9.89. The molecule has 0 spiro atoms. The maximum absolute atomic E-state index is 12.2. The van der Waals surface area contributed by atoms with E-state index in [1.165, 1.54) is 24.0 Å². The summed E-state index contributed by atoms with van der Waals surface area (Å²) in [5.74, 6) is -0.449. The first-order valence-electron chi connectivity index (χ1n) is 8.98. The number of benzene rings is 2. The highest BCUT2D eigenvalue weighted by molar-refractivity contribution is 9.10. The molecule has 0 bridgehead atoms. The van der Waals surface area contributed by atoms with Crippen molar-refractivity contribution in [2.75, 3.05) is 6.54 Å². The van der Waals surface area contributed by atoms with Gasteiger partial charge in [-0.1, -0.05) is 34.1 Å². The maximum Gasteiger partial charge on any atom is 0.251 e. The van der Waals surface area contributed by atoms with E-state index in [1.54, 1.807) is 24.3 Å². The van der Waals surface area contributed by atoms with E-state index in [-0.39, 0.29) is 24.4 Å². The minimum Gasteiger partial charge on any atom is -0.348 e. The fourth-order valence-corrected chi connectivity index (χ4v) is 3.53. The Labute approximate surface area is 162 Å². The second-order valence-electron chi connectivity index (χ2n) is 6.71. The zero-order valence-electron chi connectivity index (χ0n) is 14.8. The Morgan fingerprint density at radius 3 is 2.46 bits per heavy atom. The van der Waals surface area contributed by atoms with Crippen molar-refractivity contribution in [3.63, 3.8) is 0 Å². The van der Waals surface area contributed by atoms with Gasteiger partial charge in [-0.15, -0.1) is 0 Å². The van der Waals surface area contributed by atoms with Crippen molar-refractivity contribution in [1.82, 2.24) is 10.6 Å². The third kappa shape index (κ3) is 4.73. The van der Waals surface area contributed by atoms with Crippen LogP contribution in [-0.4, -0.2) is 18.4 Å². The first-order chi connectivity index (χ1) is 12.5. The first kappa shape index (κ1) is 18.6. The molecule has 1 atom stereocenters. The van der Waals surface area contributed by atoms with Gasteiger partial charge in [-0.05, 0) is 73.6 Å². The quantitative estimate of drug-likeness (QED) is 0.778. The lowest BCUT2D eigenvalue weighted by molar-refractivity contribution is -0.120. The number of hydrogen-bond acceptors (Lipinski definition) is 2. The van der Waals surface area contributed by atoms with Crippen LogP contribution in [0.15, 0.2) is 46.9 Å². The molecule has 0 aromatic heterocycles. The number of nitrogens with one attached hydrogen (secondary N) is 2. The van der Waals surface area contributed by atoms with E-state index in [9.17, 15) is 9.59 Å². The molecule has 0 saturated carbocycles. The van der Waals surface area contributed by atoms with Gasteiger partial charge in [-0.2, -0.15) is 0 Å². The SMILES string of the molecule is C[C@H](NC(=O)CNC(=O)c1ccc(Br)cc1)c1ccc2c(c1)CCCC2. The van der Waals surface area contributed by atoms with Crippen LogP contribution >= 0.6 is 15.9 Å². The molecule has 0 saturated heterocycles. The van der Waals surface area contributed by atoms with E-state index >= 15 is 0 Å². The molecule has 2 aromatic carbocycles. The summed E-state index contributed by atoms with van der Waals surface area (Å²) in [6, 6.07) is 13.4. The second-order valence-corrected chi connectivity index (χ2v) is 7.63. The number of carbonyl (C=O) groups excluding carboxylic acids is 2. The monoisotopic (exact) mass is 414 g/mol. The van der Waals surface area contributed by atoms with Crippen LogP contribution < -0.4 is 10.6 Å². The standard InChI is InChI=1S/C21H23BrN2O2/c1-14(17-7-6-15-4-2-3-5-18(15)12-17)24-20(25)13-23-21(26)16-8-10-19(22)11-9-16/h6-12,14H,2-5,13H2,1H3,(H,23,26)(H,24,25)/t14-/m0/s1. The van der Waals surface area contributed by atoms with Crippen LogP contribution in [0.1, 0.15) is 52.9 Å². The predicted octanol–water partition coefficient (Wildman–Crippen LogP) is 3.94. The highest BCUT2D eigenvalue weighted by Crippen LogP contribution is 2.24. The fourth-order valence-electron chi connectivity index (χ4n) is 3.26. The van der Waals surface area contributed by atoms with Gasteiger partial charge in [0.25, 0.3) is 5.91 Å². The van der Waals surface area contributed by atoms with E-state index in [0.29, 0.717) is 5.56 Å². The minimum absolute atomic E-state index is 0.0375. The van der Waals surface area contributed by atoms with E-state index in [0.717, 1.165) is 22.9 Å². The average Bonchev–Trinajstić information content (AvgIpc) is 2.66. The molecule has 136 valence electrons. The van der Waals surface area contributed by atoms with Gasteiger partial charge >= 0.3 is 0 Å². The minimum atomic E-state index is -0.255. The summed E-state index contributed by atoms with van der Waals surface area (Å²) in [6.45, 7) is 1.93. The Morgan fingerprint density at radius 2 is 1.73 bits per heavy atom. The summed E-state index contributed by atoms with van der Waals surface area (Å²) in [4.78, 5) is 24.2. The number of carbonyl (C=O) groups is 2. The fraction of sp³-hybridized carbons (Fsp3) is 0.333. The van der Waals surface area contributed by atoms with Crippen molar-refractivity contribution in [1.29, 1.82) is 0 Å². The Kier molecular flexibility index (Phi) is 6.09. The summed E-state index contributed by atoms with van der Waals surface area (Å²) in [6.07, 6.45) is 4.77. The van der Waals surface area contributed by atoms with Crippen molar-refractivity contribution in [3.05, 3.63) is 69.2 Å². The largest absolute Gasteiger partial charge is 0.348 e. The van der Waals surface area contributed by atoms with Gasteiger partial charge in [0.05, 0.1) is 12.6 Å². The van der Waals surface area contributed by atoms with Gasteiger partial charge in [-0.25, -0.2) is 0 Å². The van der Waals surface area contributed by atoms with Gasteiger partial charge in [0, 0.05) is 10.0 Å². The zero-order valence-corrected chi connectivity index (χ0v) is 16.4. The third-order valence-corrected chi connectivity index (χ3v) is 5.29. The van der Waals surface area contributed by atoms with Gasteiger partial charge in [0.2, 0.25) is 5.91 Å². The average molecular weight is 415 g/mol. The third-order valence-electron chi connectivity index (χ3n) is 4.77. The number of rotatable bonds is 5. The summed E-state index contributed by atoms with van der Waals surface area (Å²) in [5, 5.41) is 5.62. The van der Waals surface area contributed by atoms with Crippen molar-refractivity contribution in [3.8, 4) is 0 Å².